The zero-order valence-corrected chi connectivity index (χ0v) is 13.3. The van der Waals surface area contributed by atoms with Crippen molar-refractivity contribution >= 4 is 28.2 Å². The van der Waals surface area contributed by atoms with Crippen LogP contribution in [0.25, 0.3) is 22.3 Å². The number of benzene rings is 2. The molecule has 23 heavy (non-hydrogen) atoms. The third kappa shape index (κ3) is 2.59. The van der Waals surface area contributed by atoms with E-state index >= 15 is 0 Å². The third-order valence-electron chi connectivity index (χ3n) is 4.28. The highest BCUT2D eigenvalue weighted by molar-refractivity contribution is 6.33. The summed E-state index contributed by atoms with van der Waals surface area (Å²) in [7, 11) is 0. The Kier molecular flexibility index (Phi) is 3.54. The van der Waals surface area contributed by atoms with Crippen molar-refractivity contribution in [1.82, 2.24) is 9.97 Å². The Morgan fingerprint density at radius 3 is 2.65 bits per heavy atom. The predicted molar refractivity (Wildman–Crippen MR) is 94.3 cm³/mol. The summed E-state index contributed by atoms with van der Waals surface area (Å²) in [6, 6.07) is 13.2. The number of rotatable bonds is 2. The maximum Gasteiger partial charge on any atom is 0.259 e. The fourth-order valence-electron chi connectivity index (χ4n) is 3.09. The first-order chi connectivity index (χ1) is 11.2. The molecule has 1 saturated heterocycles. The van der Waals surface area contributed by atoms with Crippen molar-refractivity contribution in [1.29, 1.82) is 0 Å². The van der Waals surface area contributed by atoms with Crippen LogP contribution in [0.4, 0.5) is 5.69 Å². The molecule has 1 fully saturated rings. The summed E-state index contributed by atoms with van der Waals surface area (Å²) in [6.45, 7) is 2.09. The second-order valence-electron chi connectivity index (χ2n) is 5.79. The standard InChI is InChI=1S/C18H16ClN3O/c19-14-11-12(7-8-16(14)22-9-3-4-10-22)17-20-15-6-2-1-5-13(15)18(23)21-17/h1-2,5-8,11H,3-4,9-10H2,(H,20,21,23). The van der Waals surface area contributed by atoms with Crippen molar-refractivity contribution in [3.63, 3.8) is 0 Å². The quantitative estimate of drug-likeness (QED) is 0.778. The number of aromatic amines is 1. The van der Waals surface area contributed by atoms with Crippen LogP contribution in [-0.2, 0) is 0 Å². The molecule has 4 rings (SSSR count). The molecule has 0 bridgehead atoms. The van der Waals surface area contributed by atoms with Gasteiger partial charge in [-0.1, -0.05) is 23.7 Å². The third-order valence-corrected chi connectivity index (χ3v) is 4.58. The second-order valence-corrected chi connectivity index (χ2v) is 6.20. The van der Waals surface area contributed by atoms with Crippen molar-refractivity contribution in [2.45, 2.75) is 12.8 Å². The molecule has 1 aliphatic heterocycles. The van der Waals surface area contributed by atoms with Gasteiger partial charge >= 0.3 is 0 Å². The van der Waals surface area contributed by atoms with Gasteiger partial charge in [-0.25, -0.2) is 4.98 Å². The van der Waals surface area contributed by atoms with E-state index in [1.807, 2.05) is 36.4 Å². The molecule has 0 aliphatic carbocycles. The van der Waals surface area contributed by atoms with Gasteiger partial charge in [0.2, 0.25) is 0 Å². The highest BCUT2D eigenvalue weighted by Crippen LogP contribution is 2.32. The fraction of sp³-hybridized carbons (Fsp3) is 0.222. The predicted octanol–water partition coefficient (Wildman–Crippen LogP) is 3.84. The maximum atomic E-state index is 12.2. The number of fused-ring (bicyclic) bond motifs is 1. The number of nitrogens with zero attached hydrogens (tertiary/aromatic N) is 2. The van der Waals surface area contributed by atoms with Gasteiger partial charge in [0.1, 0.15) is 5.82 Å². The molecule has 2 heterocycles. The summed E-state index contributed by atoms with van der Waals surface area (Å²) in [5.74, 6) is 0.545. The first-order valence-electron chi connectivity index (χ1n) is 7.76. The van der Waals surface area contributed by atoms with E-state index in [1.165, 1.54) is 12.8 Å². The van der Waals surface area contributed by atoms with Gasteiger partial charge in [-0.3, -0.25) is 4.79 Å². The number of para-hydroxylation sites is 1. The first kappa shape index (κ1) is 14.3. The Morgan fingerprint density at radius 2 is 1.87 bits per heavy atom. The van der Waals surface area contributed by atoms with Gasteiger partial charge in [-0.15, -0.1) is 0 Å². The summed E-state index contributed by atoms with van der Waals surface area (Å²) in [4.78, 5) is 21.9. The summed E-state index contributed by atoms with van der Waals surface area (Å²) in [5.41, 5.74) is 2.42. The Labute approximate surface area is 138 Å². The van der Waals surface area contributed by atoms with Crippen LogP contribution in [0.1, 0.15) is 12.8 Å². The first-order valence-corrected chi connectivity index (χ1v) is 8.14. The number of anilines is 1. The number of hydrogen-bond acceptors (Lipinski definition) is 3. The molecule has 1 aromatic heterocycles. The van der Waals surface area contributed by atoms with E-state index in [4.69, 9.17) is 11.6 Å². The molecule has 5 heteroatoms. The van der Waals surface area contributed by atoms with Crippen LogP contribution in [0.2, 0.25) is 5.02 Å². The number of H-pyrrole nitrogens is 1. The molecule has 0 saturated carbocycles. The Hall–Kier alpha value is -2.33. The lowest BCUT2D eigenvalue weighted by molar-refractivity contribution is 0.949. The normalized spacial score (nSPS) is 14.6. The molecular weight excluding hydrogens is 310 g/mol. The highest BCUT2D eigenvalue weighted by Gasteiger charge is 2.16. The summed E-state index contributed by atoms with van der Waals surface area (Å²) in [6.07, 6.45) is 2.41. The van der Waals surface area contributed by atoms with Crippen LogP contribution in [0, 0.1) is 0 Å². The topological polar surface area (TPSA) is 49.0 Å². The average Bonchev–Trinajstić information content (AvgIpc) is 3.09. The van der Waals surface area contributed by atoms with Gasteiger partial charge in [-0.05, 0) is 43.2 Å². The minimum Gasteiger partial charge on any atom is -0.370 e. The Balaban J connectivity index is 1.78. The summed E-state index contributed by atoms with van der Waals surface area (Å²) in [5, 5.41) is 1.29. The monoisotopic (exact) mass is 325 g/mol. The van der Waals surface area contributed by atoms with E-state index in [0.717, 1.165) is 24.3 Å². The number of halogens is 1. The SMILES string of the molecule is O=c1[nH]c(-c2ccc(N3CCCC3)c(Cl)c2)nc2ccccc12. The van der Waals surface area contributed by atoms with E-state index in [-0.39, 0.29) is 5.56 Å². The van der Waals surface area contributed by atoms with Gasteiger partial charge < -0.3 is 9.88 Å². The van der Waals surface area contributed by atoms with E-state index in [2.05, 4.69) is 14.9 Å². The maximum absolute atomic E-state index is 12.2. The van der Waals surface area contributed by atoms with Crippen LogP contribution < -0.4 is 10.5 Å². The smallest absolute Gasteiger partial charge is 0.259 e. The van der Waals surface area contributed by atoms with E-state index in [1.54, 1.807) is 6.07 Å². The molecular formula is C18H16ClN3O. The highest BCUT2D eigenvalue weighted by atomic mass is 35.5. The molecule has 2 aromatic carbocycles. The molecule has 1 N–H and O–H groups in total. The average molecular weight is 326 g/mol. The molecule has 0 spiro atoms. The lowest BCUT2D eigenvalue weighted by Crippen LogP contribution is -2.17. The van der Waals surface area contributed by atoms with Crippen molar-refractivity contribution in [3.05, 3.63) is 57.8 Å². The molecule has 0 radical (unpaired) electrons. The minimum atomic E-state index is -0.134. The van der Waals surface area contributed by atoms with Crippen LogP contribution in [0.3, 0.4) is 0 Å². The number of nitrogens with one attached hydrogen (secondary N) is 1. The molecule has 0 atom stereocenters. The Morgan fingerprint density at radius 1 is 1.09 bits per heavy atom. The van der Waals surface area contributed by atoms with E-state index in [0.29, 0.717) is 21.7 Å². The van der Waals surface area contributed by atoms with Crippen molar-refractivity contribution in [3.8, 4) is 11.4 Å². The summed E-state index contributed by atoms with van der Waals surface area (Å²) >= 11 is 6.46. The minimum absolute atomic E-state index is 0.134. The van der Waals surface area contributed by atoms with Crippen LogP contribution in [-0.4, -0.2) is 23.1 Å². The van der Waals surface area contributed by atoms with Crippen LogP contribution >= 0.6 is 11.6 Å². The van der Waals surface area contributed by atoms with Gasteiger partial charge in [0.25, 0.3) is 5.56 Å². The van der Waals surface area contributed by atoms with E-state index in [9.17, 15) is 4.79 Å². The lowest BCUT2D eigenvalue weighted by Gasteiger charge is -2.19. The van der Waals surface area contributed by atoms with Crippen molar-refractivity contribution < 1.29 is 0 Å². The van der Waals surface area contributed by atoms with Crippen LogP contribution in [0.15, 0.2) is 47.3 Å². The van der Waals surface area contributed by atoms with Crippen molar-refractivity contribution in [2.24, 2.45) is 0 Å². The molecule has 116 valence electrons. The number of aromatic nitrogens is 2. The lowest BCUT2D eigenvalue weighted by atomic mass is 10.1. The van der Waals surface area contributed by atoms with Gasteiger partial charge in [0.05, 0.1) is 21.6 Å². The largest absolute Gasteiger partial charge is 0.370 e. The zero-order chi connectivity index (χ0) is 15.8. The van der Waals surface area contributed by atoms with E-state index < -0.39 is 0 Å². The fourth-order valence-corrected chi connectivity index (χ4v) is 3.39. The molecule has 0 amide bonds. The molecule has 1 aliphatic rings. The summed E-state index contributed by atoms with van der Waals surface area (Å²) < 4.78 is 0. The molecule has 3 aromatic rings. The van der Waals surface area contributed by atoms with Gasteiger partial charge in [-0.2, -0.15) is 0 Å². The molecule has 0 unspecified atom stereocenters. The number of hydrogen-bond donors (Lipinski definition) is 1. The van der Waals surface area contributed by atoms with Gasteiger partial charge in [0, 0.05) is 18.7 Å². The Bertz CT molecular complexity index is 929. The second kappa shape index (κ2) is 5.70. The van der Waals surface area contributed by atoms with Crippen molar-refractivity contribution in [2.75, 3.05) is 18.0 Å². The van der Waals surface area contributed by atoms with Gasteiger partial charge in [0.15, 0.2) is 0 Å². The van der Waals surface area contributed by atoms with Crippen LogP contribution in [0.5, 0.6) is 0 Å². The molecule has 4 nitrogen and oxygen atoms in total. The zero-order valence-electron chi connectivity index (χ0n) is 12.6.